The second-order valence-electron chi connectivity index (χ2n) is 18.8. The fourth-order valence-electron chi connectivity index (χ4n) is 11.3. The van der Waals surface area contributed by atoms with Gasteiger partial charge < -0.3 is 4.90 Å². The Morgan fingerprint density at radius 3 is 1.58 bits per heavy atom. The zero-order valence-electron chi connectivity index (χ0n) is 36.6. The van der Waals surface area contributed by atoms with Crippen molar-refractivity contribution in [3.63, 3.8) is 0 Å². The van der Waals surface area contributed by atoms with Crippen LogP contribution in [0.15, 0.2) is 218 Å². The zero-order chi connectivity index (χ0) is 43.4. The maximum atomic E-state index is 2.51. The molecule has 0 N–H and O–H groups in total. The molecule has 0 radical (unpaired) electrons. The van der Waals surface area contributed by atoms with Gasteiger partial charge in [-0.2, -0.15) is 0 Å². The van der Waals surface area contributed by atoms with Gasteiger partial charge in [0.2, 0.25) is 0 Å². The highest BCUT2D eigenvalue weighted by Crippen LogP contribution is 2.63. The van der Waals surface area contributed by atoms with Crippen LogP contribution in [0.25, 0.3) is 75.5 Å². The molecule has 0 aliphatic heterocycles. The molecule has 11 aromatic rings. The molecule has 0 atom stereocenters. The number of benzene rings is 10. The summed E-state index contributed by atoms with van der Waals surface area (Å²) in [6, 6.07) is 82.3. The van der Waals surface area contributed by atoms with Gasteiger partial charge in [-0.15, -0.1) is 11.3 Å². The Bertz CT molecular complexity index is 3650. The first kappa shape index (κ1) is 38.0. The molecule has 65 heavy (non-hydrogen) atoms. The summed E-state index contributed by atoms with van der Waals surface area (Å²) in [5, 5.41) is 5.06. The normalized spacial score (nSPS) is 13.3. The van der Waals surface area contributed by atoms with E-state index >= 15 is 0 Å². The second kappa shape index (κ2) is 14.2. The van der Waals surface area contributed by atoms with E-state index in [0.717, 1.165) is 17.1 Å². The van der Waals surface area contributed by atoms with Crippen LogP contribution in [0.1, 0.15) is 48.6 Å². The first-order valence-corrected chi connectivity index (χ1v) is 23.6. The minimum Gasteiger partial charge on any atom is -0.310 e. The largest absolute Gasteiger partial charge is 0.310 e. The van der Waals surface area contributed by atoms with E-state index in [1.807, 2.05) is 11.3 Å². The second-order valence-corrected chi connectivity index (χ2v) is 19.9. The number of thiophene rings is 1. The molecule has 0 saturated heterocycles. The van der Waals surface area contributed by atoms with E-state index in [1.165, 1.54) is 103 Å². The fourth-order valence-corrected chi connectivity index (χ4v) is 12.3. The minimum atomic E-state index is -0.403. The summed E-state index contributed by atoms with van der Waals surface area (Å²) in [4.78, 5) is 2.51. The van der Waals surface area contributed by atoms with Gasteiger partial charge in [0.15, 0.2) is 0 Å². The number of hydrogen-bond acceptors (Lipinski definition) is 2. The summed E-state index contributed by atoms with van der Waals surface area (Å²) in [5.74, 6) is 0. The van der Waals surface area contributed by atoms with Crippen molar-refractivity contribution >= 4 is 59.3 Å². The predicted octanol–water partition coefficient (Wildman–Crippen LogP) is 17.7. The summed E-state index contributed by atoms with van der Waals surface area (Å²) in [7, 11) is 0. The Labute approximate surface area is 384 Å². The molecule has 1 nitrogen and oxygen atoms in total. The molecule has 308 valence electrons. The van der Waals surface area contributed by atoms with Gasteiger partial charge >= 0.3 is 0 Å². The van der Waals surface area contributed by atoms with E-state index in [0.29, 0.717) is 0 Å². The Kier molecular flexibility index (Phi) is 8.32. The van der Waals surface area contributed by atoms with E-state index in [4.69, 9.17) is 0 Å². The van der Waals surface area contributed by atoms with Crippen molar-refractivity contribution in [1.82, 2.24) is 0 Å². The molecular weight excluding hydrogens is 803 g/mol. The maximum absolute atomic E-state index is 2.51. The summed E-state index contributed by atoms with van der Waals surface area (Å²) in [5.41, 5.74) is 19.9. The van der Waals surface area contributed by atoms with Gasteiger partial charge in [-0.05, 0) is 131 Å². The molecule has 2 heteroatoms. The van der Waals surface area contributed by atoms with Gasteiger partial charge in [-0.3, -0.25) is 0 Å². The van der Waals surface area contributed by atoms with E-state index in [2.05, 4.69) is 244 Å². The SMILES string of the molecule is CC(C)(C)c1ccc(-c2ccc(N(c3ccc4c(c3)-c3ccccc3C43c4ccccc4-c4ccccc43)c3ccc4ccccc4c3-c3ccc4sc5ccccc5c4c3)cc2)cc1. The van der Waals surface area contributed by atoms with Crippen LogP contribution in [0.4, 0.5) is 17.1 Å². The molecule has 0 fully saturated rings. The smallest absolute Gasteiger partial charge is 0.0725 e. The Balaban J connectivity index is 1.05. The lowest BCUT2D eigenvalue weighted by Crippen LogP contribution is -2.25. The summed E-state index contributed by atoms with van der Waals surface area (Å²) in [6.45, 7) is 6.82. The molecule has 1 heterocycles. The number of fused-ring (bicyclic) bond motifs is 14. The Morgan fingerprint density at radius 1 is 0.385 bits per heavy atom. The highest BCUT2D eigenvalue weighted by Gasteiger charge is 2.51. The fraction of sp³-hybridized carbons (Fsp3) is 0.0794. The van der Waals surface area contributed by atoms with E-state index in [-0.39, 0.29) is 5.41 Å². The average molecular weight is 848 g/mol. The predicted molar refractivity (Wildman–Crippen MR) is 277 cm³/mol. The Hall–Kier alpha value is -7.52. The van der Waals surface area contributed by atoms with Crippen molar-refractivity contribution in [3.05, 3.63) is 246 Å². The highest BCUT2D eigenvalue weighted by molar-refractivity contribution is 7.25. The number of hydrogen-bond donors (Lipinski definition) is 0. The minimum absolute atomic E-state index is 0.0993. The molecular formula is C63H45NS. The Morgan fingerprint density at radius 2 is 0.908 bits per heavy atom. The van der Waals surface area contributed by atoms with Crippen molar-refractivity contribution in [2.24, 2.45) is 0 Å². The van der Waals surface area contributed by atoms with Crippen molar-refractivity contribution in [1.29, 1.82) is 0 Å². The summed E-state index contributed by atoms with van der Waals surface area (Å²) in [6.07, 6.45) is 0. The molecule has 0 saturated carbocycles. The van der Waals surface area contributed by atoms with Gasteiger partial charge in [0, 0.05) is 37.1 Å². The standard InChI is InChI=1S/C63H45NS/c1-62(2,3)44-30-24-40(25-31-44)41-26-32-45(33-27-41)64(58-36-28-42-14-4-5-15-47(42)61(58)43-29-37-60-53(38-43)51-19-9-13-23-59(51)65-60)46-34-35-57-52(39-46)50-18-8-12-22-56(50)63(57)54-20-10-6-16-48(54)49-17-7-11-21-55(49)63/h4-39H,1-3H3. The van der Waals surface area contributed by atoms with E-state index in [1.54, 1.807) is 0 Å². The highest BCUT2D eigenvalue weighted by atomic mass is 32.1. The third-order valence-corrected chi connectivity index (χ3v) is 15.4. The molecule has 13 rings (SSSR count). The van der Waals surface area contributed by atoms with Crippen molar-refractivity contribution < 1.29 is 0 Å². The molecule has 1 aromatic heterocycles. The first-order valence-electron chi connectivity index (χ1n) is 22.7. The van der Waals surface area contributed by atoms with Crippen LogP contribution in [0.3, 0.4) is 0 Å². The van der Waals surface area contributed by atoms with E-state index in [9.17, 15) is 0 Å². The third kappa shape index (κ3) is 5.63. The summed E-state index contributed by atoms with van der Waals surface area (Å²) >= 11 is 1.87. The topological polar surface area (TPSA) is 3.24 Å². The summed E-state index contributed by atoms with van der Waals surface area (Å²) < 4.78 is 2.62. The number of anilines is 3. The molecule has 10 aromatic carbocycles. The van der Waals surface area contributed by atoms with Crippen LogP contribution in [0.5, 0.6) is 0 Å². The van der Waals surface area contributed by atoms with Crippen LogP contribution in [0, 0.1) is 0 Å². The van der Waals surface area contributed by atoms with Crippen LogP contribution in [-0.4, -0.2) is 0 Å². The lowest BCUT2D eigenvalue weighted by Gasteiger charge is -2.32. The van der Waals surface area contributed by atoms with Gasteiger partial charge in [-0.25, -0.2) is 0 Å². The monoisotopic (exact) mass is 847 g/mol. The van der Waals surface area contributed by atoms with Crippen LogP contribution >= 0.6 is 11.3 Å². The maximum Gasteiger partial charge on any atom is 0.0725 e. The van der Waals surface area contributed by atoms with Crippen molar-refractivity contribution in [2.45, 2.75) is 31.6 Å². The van der Waals surface area contributed by atoms with Crippen LogP contribution in [0.2, 0.25) is 0 Å². The van der Waals surface area contributed by atoms with Crippen LogP contribution < -0.4 is 4.90 Å². The molecule has 2 aliphatic carbocycles. The third-order valence-electron chi connectivity index (χ3n) is 14.3. The lowest BCUT2D eigenvalue weighted by atomic mass is 9.70. The molecule has 0 amide bonds. The van der Waals surface area contributed by atoms with Crippen LogP contribution in [-0.2, 0) is 10.8 Å². The quantitative estimate of drug-likeness (QED) is 0.167. The molecule has 1 spiro atoms. The molecule has 0 unspecified atom stereocenters. The van der Waals surface area contributed by atoms with E-state index < -0.39 is 5.41 Å². The van der Waals surface area contributed by atoms with Gasteiger partial charge in [0.05, 0.1) is 11.1 Å². The average Bonchev–Trinajstić information content (AvgIpc) is 3.98. The van der Waals surface area contributed by atoms with Gasteiger partial charge in [0.1, 0.15) is 0 Å². The number of rotatable bonds is 5. The zero-order valence-corrected chi connectivity index (χ0v) is 37.5. The van der Waals surface area contributed by atoms with Gasteiger partial charge in [0.25, 0.3) is 0 Å². The first-order chi connectivity index (χ1) is 31.9. The van der Waals surface area contributed by atoms with Crippen molar-refractivity contribution in [2.75, 3.05) is 4.90 Å². The number of nitrogens with zero attached hydrogens (tertiary/aromatic N) is 1. The van der Waals surface area contributed by atoms with Crippen molar-refractivity contribution in [3.8, 4) is 44.5 Å². The van der Waals surface area contributed by atoms with Gasteiger partial charge in [-0.1, -0.05) is 191 Å². The molecule has 2 aliphatic rings. The lowest BCUT2D eigenvalue weighted by molar-refractivity contribution is 0.590. The molecule has 0 bridgehead atoms.